The fraction of sp³-hybridized carbons (Fsp3) is 1.00. The summed E-state index contributed by atoms with van der Waals surface area (Å²) in [7, 11) is 0. The lowest BCUT2D eigenvalue weighted by Crippen LogP contribution is -2.42. The number of hydrogen-bond donors (Lipinski definition) is 1. The summed E-state index contributed by atoms with van der Waals surface area (Å²) in [5, 5.41) is 3.74. The first-order chi connectivity index (χ1) is 9.53. The molecule has 2 heteroatoms. The van der Waals surface area contributed by atoms with E-state index in [1.54, 1.807) is 0 Å². The minimum Gasteiger partial charge on any atom is -0.377 e. The first-order valence-corrected chi connectivity index (χ1v) is 8.86. The third kappa shape index (κ3) is 4.46. The molecule has 118 valence electrons. The molecule has 0 amide bonds. The van der Waals surface area contributed by atoms with E-state index in [1.807, 2.05) is 0 Å². The van der Waals surface area contributed by atoms with Gasteiger partial charge in [-0.2, -0.15) is 0 Å². The minimum absolute atomic E-state index is 0.435. The molecule has 1 heterocycles. The zero-order valence-corrected chi connectivity index (χ0v) is 14.1. The van der Waals surface area contributed by atoms with Crippen LogP contribution in [0.15, 0.2) is 0 Å². The van der Waals surface area contributed by atoms with Gasteiger partial charge in [0, 0.05) is 18.6 Å². The van der Waals surface area contributed by atoms with Crippen molar-refractivity contribution in [1.82, 2.24) is 5.32 Å². The second-order valence-corrected chi connectivity index (χ2v) is 8.05. The molecule has 1 saturated carbocycles. The quantitative estimate of drug-likeness (QED) is 0.682. The van der Waals surface area contributed by atoms with Crippen LogP contribution < -0.4 is 5.32 Å². The lowest BCUT2D eigenvalue weighted by atomic mass is 9.74. The summed E-state index contributed by atoms with van der Waals surface area (Å²) < 4.78 is 6.17. The number of rotatable bonds is 9. The standard InChI is InChI=1S/C18H35NO/c1-14(2)6-5-9-18(13-19-12-15(3)4)10-11-20-17(18)16-7-8-16/h14-17,19H,5-13H2,1-4H3. The van der Waals surface area contributed by atoms with Gasteiger partial charge in [-0.25, -0.2) is 0 Å². The van der Waals surface area contributed by atoms with Crippen LogP contribution in [0.5, 0.6) is 0 Å². The van der Waals surface area contributed by atoms with Crippen molar-refractivity contribution in [1.29, 1.82) is 0 Å². The number of nitrogens with one attached hydrogen (secondary N) is 1. The van der Waals surface area contributed by atoms with Gasteiger partial charge in [0.25, 0.3) is 0 Å². The molecule has 2 nitrogen and oxygen atoms in total. The second kappa shape index (κ2) is 7.26. The van der Waals surface area contributed by atoms with Gasteiger partial charge in [0.1, 0.15) is 0 Å². The summed E-state index contributed by atoms with van der Waals surface area (Å²) in [6.07, 6.45) is 8.72. The molecule has 2 unspecified atom stereocenters. The van der Waals surface area contributed by atoms with Gasteiger partial charge in [-0.3, -0.25) is 0 Å². The van der Waals surface area contributed by atoms with Crippen molar-refractivity contribution in [3.8, 4) is 0 Å². The average Bonchev–Trinajstić information content (AvgIpc) is 3.11. The third-order valence-corrected chi connectivity index (χ3v) is 5.04. The van der Waals surface area contributed by atoms with Gasteiger partial charge in [0.2, 0.25) is 0 Å². The highest BCUT2D eigenvalue weighted by Gasteiger charge is 2.50. The second-order valence-electron chi connectivity index (χ2n) is 8.05. The highest BCUT2D eigenvalue weighted by Crippen LogP contribution is 2.50. The number of ether oxygens (including phenoxy) is 1. The molecular weight excluding hydrogens is 246 g/mol. The Bertz CT molecular complexity index is 269. The van der Waals surface area contributed by atoms with Gasteiger partial charge >= 0.3 is 0 Å². The summed E-state index contributed by atoms with van der Waals surface area (Å²) in [5.41, 5.74) is 0.435. The van der Waals surface area contributed by atoms with Crippen molar-refractivity contribution in [3.63, 3.8) is 0 Å². The summed E-state index contributed by atoms with van der Waals surface area (Å²) in [4.78, 5) is 0. The Morgan fingerprint density at radius 1 is 1.15 bits per heavy atom. The molecule has 0 aromatic heterocycles. The molecular formula is C18H35NO. The molecule has 2 aliphatic rings. The van der Waals surface area contributed by atoms with Crippen LogP contribution in [0, 0.1) is 23.2 Å². The van der Waals surface area contributed by atoms with Crippen molar-refractivity contribution in [3.05, 3.63) is 0 Å². The van der Waals surface area contributed by atoms with Crippen LogP contribution >= 0.6 is 0 Å². The molecule has 2 rings (SSSR count). The Balaban J connectivity index is 1.90. The Morgan fingerprint density at radius 3 is 2.50 bits per heavy atom. The molecule has 0 aromatic rings. The van der Waals surface area contributed by atoms with Crippen LogP contribution in [-0.4, -0.2) is 25.8 Å². The molecule has 2 atom stereocenters. The molecule has 1 saturated heterocycles. The van der Waals surface area contributed by atoms with Crippen molar-refractivity contribution in [2.24, 2.45) is 23.2 Å². The highest BCUT2D eigenvalue weighted by atomic mass is 16.5. The van der Waals surface area contributed by atoms with E-state index in [0.29, 0.717) is 11.5 Å². The van der Waals surface area contributed by atoms with E-state index in [4.69, 9.17) is 4.74 Å². The van der Waals surface area contributed by atoms with E-state index in [9.17, 15) is 0 Å². The Labute approximate surface area is 126 Å². The lowest BCUT2D eigenvalue weighted by molar-refractivity contribution is 0.0247. The zero-order valence-electron chi connectivity index (χ0n) is 14.1. The maximum atomic E-state index is 6.17. The van der Waals surface area contributed by atoms with Crippen LogP contribution in [0.25, 0.3) is 0 Å². The molecule has 1 aliphatic carbocycles. The van der Waals surface area contributed by atoms with Gasteiger partial charge in [0.05, 0.1) is 6.10 Å². The Kier molecular flexibility index (Phi) is 5.92. The largest absolute Gasteiger partial charge is 0.377 e. The highest BCUT2D eigenvalue weighted by molar-refractivity contribution is 5.00. The first kappa shape index (κ1) is 16.3. The van der Waals surface area contributed by atoms with E-state index < -0.39 is 0 Å². The zero-order chi connectivity index (χ0) is 14.6. The van der Waals surface area contributed by atoms with Crippen LogP contribution in [-0.2, 0) is 4.74 Å². The SMILES string of the molecule is CC(C)CCCC1(CNCC(C)C)CCOC1C1CC1. The van der Waals surface area contributed by atoms with Crippen LogP contribution in [0.3, 0.4) is 0 Å². The van der Waals surface area contributed by atoms with Gasteiger partial charge < -0.3 is 10.1 Å². The van der Waals surface area contributed by atoms with Crippen molar-refractivity contribution >= 4 is 0 Å². The summed E-state index contributed by atoms with van der Waals surface area (Å²) in [6, 6.07) is 0. The minimum atomic E-state index is 0.435. The van der Waals surface area contributed by atoms with E-state index >= 15 is 0 Å². The fourth-order valence-electron chi connectivity index (χ4n) is 3.76. The van der Waals surface area contributed by atoms with Crippen LogP contribution in [0.2, 0.25) is 0 Å². The predicted molar refractivity (Wildman–Crippen MR) is 85.9 cm³/mol. The Hall–Kier alpha value is -0.0800. The van der Waals surface area contributed by atoms with Crippen molar-refractivity contribution < 1.29 is 4.74 Å². The monoisotopic (exact) mass is 281 g/mol. The lowest BCUT2D eigenvalue weighted by Gasteiger charge is -2.35. The van der Waals surface area contributed by atoms with Crippen molar-refractivity contribution in [2.45, 2.75) is 72.3 Å². The van der Waals surface area contributed by atoms with Gasteiger partial charge in [0.15, 0.2) is 0 Å². The van der Waals surface area contributed by atoms with Crippen LogP contribution in [0.1, 0.15) is 66.2 Å². The van der Waals surface area contributed by atoms with E-state index in [1.165, 1.54) is 45.1 Å². The molecule has 0 spiro atoms. The topological polar surface area (TPSA) is 21.3 Å². The van der Waals surface area contributed by atoms with E-state index in [0.717, 1.165) is 30.9 Å². The fourth-order valence-corrected chi connectivity index (χ4v) is 3.76. The Morgan fingerprint density at radius 2 is 1.90 bits per heavy atom. The molecule has 0 bridgehead atoms. The van der Waals surface area contributed by atoms with Gasteiger partial charge in [-0.1, -0.05) is 40.5 Å². The summed E-state index contributed by atoms with van der Waals surface area (Å²) in [6.45, 7) is 12.6. The van der Waals surface area contributed by atoms with E-state index in [2.05, 4.69) is 33.0 Å². The molecule has 0 radical (unpaired) electrons. The maximum absolute atomic E-state index is 6.17. The van der Waals surface area contributed by atoms with E-state index in [-0.39, 0.29) is 0 Å². The van der Waals surface area contributed by atoms with Crippen LogP contribution in [0.4, 0.5) is 0 Å². The molecule has 2 fully saturated rings. The van der Waals surface area contributed by atoms with Gasteiger partial charge in [-0.05, 0) is 50.0 Å². The summed E-state index contributed by atoms with van der Waals surface area (Å²) in [5.74, 6) is 2.44. The molecule has 1 aliphatic heterocycles. The smallest absolute Gasteiger partial charge is 0.0672 e. The van der Waals surface area contributed by atoms with Gasteiger partial charge in [-0.15, -0.1) is 0 Å². The normalized spacial score (nSPS) is 30.6. The molecule has 0 aromatic carbocycles. The third-order valence-electron chi connectivity index (χ3n) is 5.04. The average molecular weight is 281 g/mol. The molecule has 20 heavy (non-hydrogen) atoms. The number of hydrogen-bond acceptors (Lipinski definition) is 2. The predicted octanol–water partition coefficient (Wildman–Crippen LogP) is 4.24. The van der Waals surface area contributed by atoms with Crippen molar-refractivity contribution in [2.75, 3.05) is 19.7 Å². The maximum Gasteiger partial charge on any atom is 0.0672 e. The molecule has 1 N–H and O–H groups in total. The first-order valence-electron chi connectivity index (χ1n) is 8.86. The summed E-state index contributed by atoms with van der Waals surface area (Å²) >= 11 is 0.